The van der Waals surface area contributed by atoms with E-state index in [-0.39, 0.29) is 5.92 Å². The van der Waals surface area contributed by atoms with Crippen LogP contribution in [0.25, 0.3) is 0 Å². The highest BCUT2D eigenvalue weighted by Gasteiger charge is 2.50. The lowest BCUT2D eigenvalue weighted by Crippen LogP contribution is -2.49. The highest BCUT2D eigenvalue weighted by Crippen LogP contribution is 2.36. The van der Waals surface area contributed by atoms with Gasteiger partial charge in [0.2, 0.25) is 0 Å². The van der Waals surface area contributed by atoms with Gasteiger partial charge in [-0.1, -0.05) is 13.8 Å². The number of carboxylic acids is 1. The molecule has 14 heavy (non-hydrogen) atoms. The molecule has 0 spiro atoms. The Morgan fingerprint density at radius 3 is 2.36 bits per heavy atom. The van der Waals surface area contributed by atoms with Gasteiger partial charge in [-0.05, 0) is 25.7 Å². The molecule has 0 aromatic rings. The van der Waals surface area contributed by atoms with Crippen molar-refractivity contribution in [3.05, 3.63) is 0 Å². The molecule has 0 saturated heterocycles. The third-order valence-electron chi connectivity index (χ3n) is 3.19. The number of carboxylic acid groups (broad SMARTS) is 1. The smallest absolute Gasteiger partial charge is 0.323 e. The average molecular weight is 201 g/mol. The number of β-amino-alcohol motifs (C(OH)–C–C–N with tert-alkyl or cyclic N) is 1. The van der Waals surface area contributed by atoms with Gasteiger partial charge >= 0.3 is 5.97 Å². The Bertz CT molecular complexity index is 232. The predicted molar refractivity (Wildman–Crippen MR) is 53.1 cm³/mol. The van der Waals surface area contributed by atoms with Crippen LogP contribution in [0.2, 0.25) is 0 Å². The van der Waals surface area contributed by atoms with E-state index in [1.165, 1.54) is 0 Å². The lowest BCUT2D eigenvalue weighted by atomic mass is 9.92. The van der Waals surface area contributed by atoms with Crippen LogP contribution < -0.4 is 5.32 Å². The van der Waals surface area contributed by atoms with E-state index < -0.39 is 17.1 Å². The van der Waals surface area contributed by atoms with Crippen LogP contribution in [-0.4, -0.2) is 33.9 Å². The monoisotopic (exact) mass is 201 g/mol. The first-order chi connectivity index (χ1) is 6.30. The summed E-state index contributed by atoms with van der Waals surface area (Å²) in [5, 5.41) is 21.7. The van der Waals surface area contributed by atoms with Crippen LogP contribution in [-0.2, 0) is 4.79 Å². The van der Waals surface area contributed by atoms with Gasteiger partial charge in [-0.3, -0.25) is 10.1 Å². The van der Waals surface area contributed by atoms with Crippen LogP contribution in [0.3, 0.4) is 0 Å². The van der Waals surface area contributed by atoms with Gasteiger partial charge in [0.05, 0.1) is 5.60 Å². The fourth-order valence-corrected chi connectivity index (χ4v) is 1.14. The minimum atomic E-state index is -0.842. The zero-order chi connectivity index (χ0) is 11.0. The summed E-state index contributed by atoms with van der Waals surface area (Å²) >= 11 is 0. The molecule has 0 bridgehead atoms. The standard InChI is InChI=1S/C10H19NO3/c1-7(2)9(3,14)6-11-10(4-5-10)8(12)13/h7,11,14H,4-6H2,1-3H3,(H,12,13). The molecule has 0 aromatic carbocycles. The average Bonchev–Trinajstić information content (AvgIpc) is 2.81. The van der Waals surface area contributed by atoms with Gasteiger partial charge in [0, 0.05) is 6.54 Å². The topological polar surface area (TPSA) is 69.6 Å². The molecule has 1 rings (SSSR count). The van der Waals surface area contributed by atoms with Gasteiger partial charge in [-0.2, -0.15) is 0 Å². The van der Waals surface area contributed by atoms with E-state index in [0.29, 0.717) is 19.4 Å². The van der Waals surface area contributed by atoms with Crippen LogP contribution >= 0.6 is 0 Å². The zero-order valence-corrected chi connectivity index (χ0v) is 9.00. The quantitative estimate of drug-likeness (QED) is 0.609. The maximum atomic E-state index is 10.8. The maximum Gasteiger partial charge on any atom is 0.323 e. The molecule has 4 heteroatoms. The lowest BCUT2D eigenvalue weighted by Gasteiger charge is -2.29. The summed E-state index contributed by atoms with van der Waals surface area (Å²) in [6, 6.07) is 0. The molecule has 1 saturated carbocycles. The molecule has 3 N–H and O–H groups in total. The normalized spacial score (nSPS) is 23.2. The second-order valence-electron chi connectivity index (χ2n) is 4.75. The Labute approximate surface area is 84.3 Å². The first kappa shape index (κ1) is 11.5. The molecule has 1 aliphatic rings. The van der Waals surface area contributed by atoms with Crippen molar-refractivity contribution < 1.29 is 15.0 Å². The summed E-state index contributed by atoms with van der Waals surface area (Å²) in [4.78, 5) is 10.8. The SMILES string of the molecule is CC(C)C(C)(O)CNC1(C(=O)O)CC1. The first-order valence-corrected chi connectivity index (χ1v) is 5.01. The summed E-state index contributed by atoms with van der Waals surface area (Å²) in [5.74, 6) is -0.698. The largest absolute Gasteiger partial charge is 0.480 e. The summed E-state index contributed by atoms with van der Waals surface area (Å²) in [5.41, 5.74) is -1.59. The second-order valence-corrected chi connectivity index (χ2v) is 4.75. The summed E-state index contributed by atoms with van der Waals surface area (Å²) in [6.07, 6.45) is 1.33. The van der Waals surface area contributed by atoms with Crippen molar-refractivity contribution in [1.29, 1.82) is 0 Å². The number of rotatable bonds is 5. The Balaban J connectivity index is 2.45. The molecule has 4 nitrogen and oxygen atoms in total. The molecular weight excluding hydrogens is 182 g/mol. The summed E-state index contributed by atoms with van der Waals surface area (Å²) < 4.78 is 0. The van der Waals surface area contributed by atoms with E-state index in [1.807, 2.05) is 13.8 Å². The molecule has 1 aliphatic carbocycles. The van der Waals surface area contributed by atoms with E-state index >= 15 is 0 Å². The van der Waals surface area contributed by atoms with Crippen LogP contribution in [0, 0.1) is 5.92 Å². The lowest BCUT2D eigenvalue weighted by molar-refractivity contribution is -0.141. The molecular formula is C10H19NO3. The third kappa shape index (κ3) is 2.25. The van der Waals surface area contributed by atoms with Gasteiger partial charge in [-0.25, -0.2) is 0 Å². The van der Waals surface area contributed by atoms with Gasteiger partial charge < -0.3 is 10.2 Å². The van der Waals surface area contributed by atoms with E-state index in [9.17, 15) is 9.90 Å². The van der Waals surface area contributed by atoms with Crippen molar-refractivity contribution in [2.45, 2.75) is 44.8 Å². The van der Waals surface area contributed by atoms with E-state index in [1.54, 1.807) is 6.92 Å². The van der Waals surface area contributed by atoms with Gasteiger partial charge in [0.25, 0.3) is 0 Å². The third-order valence-corrected chi connectivity index (χ3v) is 3.19. The highest BCUT2D eigenvalue weighted by molar-refractivity contribution is 5.82. The minimum absolute atomic E-state index is 0.111. The Kier molecular flexibility index (Phi) is 2.88. The van der Waals surface area contributed by atoms with Crippen LogP contribution in [0.4, 0.5) is 0 Å². The van der Waals surface area contributed by atoms with Crippen molar-refractivity contribution in [1.82, 2.24) is 5.32 Å². The van der Waals surface area contributed by atoms with Crippen LogP contribution in [0.1, 0.15) is 33.6 Å². The molecule has 0 radical (unpaired) electrons. The van der Waals surface area contributed by atoms with E-state index in [4.69, 9.17) is 5.11 Å². The number of hydrogen-bond acceptors (Lipinski definition) is 3. The number of aliphatic hydroxyl groups is 1. The highest BCUT2D eigenvalue weighted by atomic mass is 16.4. The molecule has 0 aromatic heterocycles. The van der Waals surface area contributed by atoms with E-state index in [0.717, 1.165) is 0 Å². The Morgan fingerprint density at radius 2 is 2.07 bits per heavy atom. The minimum Gasteiger partial charge on any atom is -0.480 e. The van der Waals surface area contributed by atoms with Crippen molar-refractivity contribution in [2.75, 3.05) is 6.54 Å². The Hall–Kier alpha value is -0.610. The van der Waals surface area contributed by atoms with Gasteiger partial charge in [0.15, 0.2) is 0 Å². The molecule has 82 valence electrons. The van der Waals surface area contributed by atoms with Gasteiger partial charge in [-0.15, -0.1) is 0 Å². The van der Waals surface area contributed by atoms with Crippen molar-refractivity contribution in [3.8, 4) is 0 Å². The summed E-state index contributed by atoms with van der Waals surface area (Å²) in [6.45, 7) is 5.89. The zero-order valence-electron chi connectivity index (χ0n) is 9.00. The molecule has 1 fully saturated rings. The van der Waals surface area contributed by atoms with Crippen molar-refractivity contribution in [2.24, 2.45) is 5.92 Å². The molecule has 0 aliphatic heterocycles. The molecule has 1 atom stereocenters. The molecule has 0 amide bonds. The number of nitrogens with one attached hydrogen (secondary N) is 1. The van der Waals surface area contributed by atoms with Gasteiger partial charge in [0.1, 0.15) is 5.54 Å². The summed E-state index contributed by atoms with van der Waals surface area (Å²) in [7, 11) is 0. The first-order valence-electron chi connectivity index (χ1n) is 5.01. The molecule has 1 unspecified atom stereocenters. The predicted octanol–water partition coefficient (Wildman–Crippen LogP) is 0.600. The number of carbonyl (C=O) groups is 1. The van der Waals surface area contributed by atoms with Crippen molar-refractivity contribution >= 4 is 5.97 Å². The molecule has 0 heterocycles. The number of aliphatic carboxylic acids is 1. The van der Waals surface area contributed by atoms with Crippen LogP contribution in [0.5, 0.6) is 0 Å². The van der Waals surface area contributed by atoms with E-state index in [2.05, 4.69) is 5.32 Å². The van der Waals surface area contributed by atoms with Crippen LogP contribution in [0.15, 0.2) is 0 Å². The fourth-order valence-electron chi connectivity index (χ4n) is 1.14. The Morgan fingerprint density at radius 1 is 1.57 bits per heavy atom. The number of hydrogen-bond donors (Lipinski definition) is 3. The van der Waals surface area contributed by atoms with Crippen molar-refractivity contribution in [3.63, 3.8) is 0 Å². The maximum absolute atomic E-state index is 10.8. The fraction of sp³-hybridized carbons (Fsp3) is 0.900. The second kappa shape index (κ2) is 3.51.